The molecule has 70 valence electrons. The van der Waals surface area contributed by atoms with E-state index < -0.39 is 6.29 Å². The van der Waals surface area contributed by atoms with Gasteiger partial charge in [-0.2, -0.15) is 0 Å². The molecular formula is C9H8Cl2O2. The van der Waals surface area contributed by atoms with E-state index in [1.807, 2.05) is 0 Å². The minimum atomic E-state index is -1.49. The Kier molecular flexibility index (Phi) is 3.75. The van der Waals surface area contributed by atoms with Gasteiger partial charge in [-0.1, -0.05) is 35.3 Å². The van der Waals surface area contributed by atoms with Crippen LogP contribution in [0.5, 0.6) is 0 Å². The van der Waals surface area contributed by atoms with E-state index in [9.17, 15) is 0 Å². The molecule has 2 N–H and O–H groups in total. The molecule has 1 rings (SSSR count). The molecule has 0 unspecified atom stereocenters. The van der Waals surface area contributed by atoms with Crippen molar-refractivity contribution in [3.05, 3.63) is 39.9 Å². The highest BCUT2D eigenvalue weighted by molar-refractivity contribution is 6.37. The van der Waals surface area contributed by atoms with Crippen LogP contribution in [-0.2, 0) is 0 Å². The van der Waals surface area contributed by atoms with E-state index in [0.29, 0.717) is 15.6 Å². The summed E-state index contributed by atoms with van der Waals surface area (Å²) in [6, 6.07) is 5.07. The molecule has 0 aromatic heterocycles. The first-order valence-corrected chi connectivity index (χ1v) is 4.35. The summed E-state index contributed by atoms with van der Waals surface area (Å²) in [5.74, 6) is 0. The molecule has 0 saturated carbocycles. The van der Waals surface area contributed by atoms with Gasteiger partial charge in [0.15, 0.2) is 6.29 Å². The van der Waals surface area contributed by atoms with Crippen molar-refractivity contribution < 1.29 is 10.2 Å². The number of aliphatic hydroxyl groups excluding tert-OH is 1. The van der Waals surface area contributed by atoms with Gasteiger partial charge >= 0.3 is 0 Å². The highest BCUT2D eigenvalue weighted by Gasteiger charge is 2.01. The highest BCUT2D eigenvalue weighted by Crippen LogP contribution is 2.25. The Bertz CT molecular complexity index is 301. The zero-order chi connectivity index (χ0) is 9.84. The second kappa shape index (κ2) is 4.63. The molecular weight excluding hydrogens is 211 g/mol. The van der Waals surface area contributed by atoms with Gasteiger partial charge in [-0.25, -0.2) is 0 Å². The van der Waals surface area contributed by atoms with E-state index in [4.69, 9.17) is 33.4 Å². The van der Waals surface area contributed by atoms with Crippen LogP contribution in [0.4, 0.5) is 0 Å². The molecule has 0 aliphatic heterocycles. The van der Waals surface area contributed by atoms with Crippen molar-refractivity contribution in [3.8, 4) is 0 Å². The molecule has 0 bridgehead atoms. The Morgan fingerprint density at radius 2 is 1.69 bits per heavy atom. The molecule has 1 aromatic rings. The van der Waals surface area contributed by atoms with Crippen LogP contribution in [-0.4, -0.2) is 16.5 Å². The summed E-state index contributed by atoms with van der Waals surface area (Å²) >= 11 is 11.6. The largest absolute Gasteiger partial charge is 0.365 e. The van der Waals surface area contributed by atoms with Gasteiger partial charge in [-0.15, -0.1) is 0 Å². The first-order valence-electron chi connectivity index (χ1n) is 3.59. The third-order valence-corrected chi connectivity index (χ3v) is 2.09. The zero-order valence-corrected chi connectivity index (χ0v) is 8.13. The Labute approximate surface area is 86.0 Å². The van der Waals surface area contributed by atoms with Gasteiger partial charge in [0.1, 0.15) is 0 Å². The number of hydrogen-bond acceptors (Lipinski definition) is 2. The lowest BCUT2D eigenvalue weighted by Crippen LogP contribution is -1.97. The lowest BCUT2D eigenvalue weighted by Gasteiger charge is -2.01. The average molecular weight is 219 g/mol. The van der Waals surface area contributed by atoms with E-state index >= 15 is 0 Å². The molecule has 0 aliphatic carbocycles. The second-order valence-electron chi connectivity index (χ2n) is 2.41. The van der Waals surface area contributed by atoms with E-state index in [1.165, 1.54) is 12.2 Å². The van der Waals surface area contributed by atoms with Crippen LogP contribution < -0.4 is 0 Å². The maximum Gasteiger partial charge on any atom is 0.171 e. The van der Waals surface area contributed by atoms with Gasteiger partial charge in [0.25, 0.3) is 0 Å². The molecule has 0 spiro atoms. The van der Waals surface area contributed by atoms with Crippen LogP contribution in [0.25, 0.3) is 6.08 Å². The minimum Gasteiger partial charge on any atom is -0.365 e. The predicted molar refractivity (Wildman–Crippen MR) is 53.7 cm³/mol. The number of benzene rings is 1. The smallest absolute Gasteiger partial charge is 0.171 e. The van der Waals surface area contributed by atoms with Gasteiger partial charge in [0, 0.05) is 15.6 Å². The van der Waals surface area contributed by atoms with E-state index in [2.05, 4.69) is 0 Å². The Morgan fingerprint density at radius 1 is 1.15 bits per heavy atom. The van der Waals surface area contributed by atoms with Gasteiger partial charge in [-0.3, -0.25) is 0 Å². The number of aliphatic hydroxyl groups is 2. The lowest BCUT2D eigenvalue weighted by atomic mass is 10.2. The van der Waals surface area contributed by atoms with E-state index in [-0.39, 0.29) is 0 Å². The summed E-state index contributed by atoms with van der Waals surface area (Å²) in [6.07, 6.45) is 1.16. The van der Waals surface area contributed by atoms with Gasteiger partial charge in [0.2, 0.25) is 0 Å². The Morgan fingerprint density at radius 3 is 2.15 bits per heavy atom. The minimum absolute atomic E-state index is 0.476. The van der Waals surface area contributed by atoms with Crippen LogP contribution >= 0.6 is 23.2 Å². The Balaban J connectivity index is 3.00. The van der Waals surface area contributed by atoms with Crippen molar-refractivity contribution >= 4 is 29.3 Å². The summed E-state index contributed by atoms with van der Waals surface area (Å²) in [5, 5.41) is 18.1. The number of hydrogen-bond donors (Lipinski definition) is 2. The predicted octanol–water partition coefficient (Wildman–Crippen LogP) is 2.32. The first-order chi connectivity index (χ1) is 6.11. The third-order valence-electron chi connectivity index (χ3n) is 1.43. The summed E-state index contributed by atoms with van der Waals surface area (Å²) in [6.45, 7) is 0. The van der Waals surface area contributed by atoms with Crippen LogP contribution in [0.15, 0.2) is 24.3 Å². The fourth-order valence-corrected chi connectivity index (χ4v) is 1.38. The van der Waals surface area contributed by atoms with Crippen molar-refractivity contribution in [2.45, 2.75) is 6.29 Å². The van der Waals surface area contributed by atoms with Crippen LogP contribution in [0.2, 0.25) is 10.0 Å². The van der Waals surface area contributed by atoms with Crippen LogP contribution in [0, 0.1) is 0 Å². The SMILES string of the molecule is OC(O)/C=C/c1c(Cl)cccc1Cl. The van der Waals surface area contributed by atoms with E-state index in [0.717, 1.165) is 0 Å². The summed E-state index contributed by atoms with van der Waals surface area (Å²) in [5.41, 5.74) is 0.582. The standard InChI is InChI=1S/C9H8Cl2O2/c10-7-2-1-3-8(11)6(7)4-5-9(12)13/h1-5,9,12-13H/b5-4+. The zero-order valence-electron chi connectivity index (χ0n) is 6.61. The van der Waals surface area contributed by atoms with Crippen molar-refractivity contribution in [1.82, 2.24) is 0 Å². The maximum atomic E-state index is 8.58. The molecule has 0 amide bonds. The fourth-order valence-electron chi connectivity index (χ4n) is 0.852. The quantitative estimate of drug-likeness (QED) is 0.749. The average Bonchev–Trinajstić information content (AvgIpc) is 2.03. The second-order valence-corrected chi connectivity index (χ2v) is 3.22. The molecule has 0 saturated heterocycles. The lowest BCUT2D eigenvalue weighted by molar-refractivity contribution is 0.00304. The monoisotopic (exact) mass is 218 g/mol. The van der Waals surface area contributed by atoms with Gasteiger partial charge < -0.3 is 10.2 Å². The summed E-state index contributed by atoms with van der Waals surface area (Å²) < 4.78 is 0. The maximum absolute atomic E-state index is 8.58. The molecule has 13 heavy (non-hydrogen) atoms. The molecule has 0 heterocycles. The molecule has 0 radical (unpaired) electrons. The molecule has 4 heteroatoms. The first kappa shape index (κ1) is 10.5. The van der Waals surface area contributed by atoms with Crippen LogP contribution in [0.1, 0.15) is 5.56 Å². The van der Waals surface area contributed by atoms with Crippen molar-refractivity contribution in [2.75, 3.05) is 0 Å². The van der Waals surface area contributed by atoms with Gasteiger partial charge in [-0.05, 0) is 18.2 Å². The van der Waals surface area contributed by atoms with Gasteiger partial charge in [0.05, 0.1) is 0 Å². The normalized spacial score (nSPS) is 11.5. The molecule has 0 atom stereocenters. The van der Waals surface area contributed by atoms with Crippen LogP contribution in [0.3, 0.4) is 0 Å². The molecule has 1 aromatic carbocycles. The topological polar surface area (TPSA) is 40.5 Å². The molecule has 0 aliphatic rings. The van der Waals surface area contributed by atoms with E-state index in [1.54, 1.807) is 18.2 Å². The summed E-state index contributed by atoms with van der Waals surface area (Å²) in [7, 11) is 0. The molecule has 2 nitrogen and oxygen atoms in total. The fraction of sp³-hybridized carbons (Fsp3) is 0.111. The summed E-state index contributed by atoms with van der Waals surface area (Å²) in [4.78, 5) is 0. The van der Waals surface area contributed by atoms with Crippen molar-refractivity contribution in [1.29, 1.82) is 0 Å². The van der Waals surface area contributed by atoms with Crippen molar-refractivity contribution in [2.24, 2.45) is 0 Å². The third kappa shape index (κ3) is 3.01. The van der Waals surface area contributed by atoms with Crippen molar-refractivity contribution in [3.63, 3.8) is 0 Å². The highest BCUT2D eigenvalue weighted by atomic mass is 35.5. The number of rotatable bonds is 2. The number of halogens is 2. The Hall–Kier alpha value is -0.540. The molecule has 0 fully saturated rings.